The van der Waals surface area contributed by atoms with Crippen molar-refractivity contribution >= 4 is 10.0 Å². The van der Waals surface area contributed by atoms with Crippen molar-refractivity contribution in [2.24, 2.45) is 0 Å². The summed E-state index contributed by atoms with van der Waals surface area (Å²) in [5.74, 6) is 0.218. The van der Waals surface area contributed by atoms with Gasteiger partial charge >= 0.3 is 6.18 Å². The molecule has 160 valence electrons. The van der Waals surface area contributed by atoms with Crippen LogP contribution in [0.2, 0.25) is 0 Å². The van der Waals surface area contributed by atoms with Crippen molar-refractivity contribution in [1.82, 2.24) is 19.2 Å². The molecule has 11 heteroatoms. The van der Waals surface area contributed by atoms with E-state index in [1.165, 1.54) is 10.4 Å². The largest absolute Gasteiger partial charge is 0.416 e. The third-order valence-corrected chi connectivity index (χ3v) is 7.12. The van der Waals surface area contributed by atoms with E-state index in [4.69, 9.17) is 4.52 Å². The van der Waals surface area contributed by atoms with Crippen LogP contribution < -0.4 is 0 Å². The lowest BCUT2D eigenvalue weighted by molar-refractivity contribution is -0.137. The molecule has 0 atom stereocenters. The Morgan fingerprint density at radius 1 is 1.13 bits per heavy atom. The number of fused-ring (bicyclic) bond motifs is 1. The second-order valence-corrected chi connectivity index (χ2v) is 9.04. The van der Waals surface area contributed by atoms with E-state index in [0.29, 0.717) is 29.9 Å². The number of alkyl halides is 3. The van der Waals surface area contributed by atoms with Gasteiger partial charge in [0.15, 0.2) is 5.76 Å². The van der Waals surface area contributed by atoms with Crippen molar-refractivity contribution in [3.63, 3.8) is 0 Å². The molecular weight excluding hydrogens is 421 g/mol. The second-order valence-electron chi connectivity index (χ2n) is 7.17. The first kappa shape index (κ1) is 20.6. The molecule has 0 radical (unpaired) electrons. The van der Waals surface area contributed by atoms with Gasteiger partial charge in [-0.1, -0.05) is 17.3 Å². The average molecular weight is 440 g/mol. The molecule has 1 aliphatic heterocycles. The number of nitrogens with zero attached hydrogens (tertiary/aromatic N) is 4. The van der Waals surface area contributed by atoms with E-state index in [2.05, 4.69) is 10.3 Å². The predicted octanol–water partition coefficient (Wildman–Crippen LogP) is 3.77. The Bertz CT molecular complexity index is 1180. The van der Waals surface area contributed by atoms with Crippen molar-refractivity contribution in [2.45, 2.75) is 44.4 Å². The van der Waals surface area contributed by atoms with Crippen LogP contribution in [0.25, 0.3) is 11.3 Å². The standard InChI is InChI=1S/C19H19F3N4O3S/c1-12-18(13(2)29-24-12)30(27,28)25-7-4-8-26-16(11-25)10-17(23-26)14-5-3-6-15(9-14)19(20,21)22/h3,5-6,9-10H,4,7-8,11H2,1-2H3. The average Bonchev–Trinajstić information content (AvgIpc) is 3.17. The fourth-order valence-electron chi connectivity index (χ4n) is 3.61. The summed E-state index contributed by atoms with van der Waals surface area (Å²) in [5, 5.41) is 8.14. The molecule has 0 amide bonds. The van der Waals surface area contributed by atoms with E-state index in [1.54, 1.807) is 30.7 Å². The van der Waals surface area contributed by atoms with Crippen LogP contribution in [-0.4, -0.2) is 34.2 Å². The Morgan fingerprint density at radius 3 is 2.57 bits per heavy atom. The van der Waals surface area contributed by atoms with E-state index in [-0.39, 0.29) is 29.4 Å². The fraction of sp³-hybridized carbons (Fsp3) is 0.368. The molecule has 3 heterocycles. The van der Waals surface area contributed by atoms with E-state index in [1.807, 2.05) is 0 Å². The topological polar surface area (TPSA) is 81.2 Å². The van der Waals surface area contributed by atoms with Gasteiger partial charge in [0.1, 0.15) is 10.6 Å². The van der Waals surface area contributed by atoms with Crippen LogP contribution >= 0.6 is 0 Å². The molecule has 0 saturated carbocycles. The predicted molar refractivity (Wildman–Crippen MR) is 101 cm³/mol. The van der Waals surface area contributed by atoms with Crippen molar-refractivity contribution in [3.05, 3.63) is 53.0 Å². The number of aromatic nitrogens is 3. The summed E-state index contributed by atoms with van der Waals surface area (Å²) in [4.78, 5) is 0.0496. The van der Waals surface area contributed by atoms with Gasteiger partial charge in [0.05, 0.1) is 23.5 Å². The summed E-state index contributed by atoms with van der Waals surface area (Å²) in [6, 6.07) is 6.56. The van der Waals surface area contributed by atoms with Crippen molar-refractivity contribution in [1.29, 1.82) is 0 Å². The summed E-state index contributed by atoms with van der Waals surface area (Å²) >= 11 is 0. The Hall–Kier alpha value is -2.66. The lowest BCUT2D eigenvalue weighted by Crippen LogP contribution is -2.31. The highest BCUT2D eigenvalue weighted by molar-refractivity contribution is 7.89. The van der Waals surface area contributed by atoms with Crippen LogP contribution in [0.3, 0.4) is 0 Å². The van der Waals surface area contributed by atoms with Gasteiger partial charge in [0, 0.05) is 18.7 Å². The summed E-state index contributed by atoms with van der Waals surface area (Å²) in [6.07, 6.45) is -3.94. The van der Waals surface area contributed by atoms with E-state index < -0.39 is 21.8 Å². The number of rotatable bonds is 3. The SMILES string of the molecule is Cc1noc(C)c1S(=O)(=O)N1CCCn2nc(-c3cccc(C(F)(F)F)c3)cc2C1. The zero-order chi connectivity index (χ0) is 21.7. The minimum Gasteiger partial charge on any atom is -0.360 e. The molecule has 1 aromatic carbocycles. The zero-order valence-electron chi connectivity index (χ0n) is 16.3. The minimum absolute atomic E-state index is 0.0496. The van der Waals surface area contributed by atoms with Gasteiger partial charge in [0.2, 0.25) is 10.0 Å². The van der Waals surface area contributed by atoms with Gasteiger partial charge < -0.3 is 4.52 Å². The number of benzene rings is 1. The first-order valence-electron chi connectivity index (χ1n) is 9.25. The third kappa shape index (κ3) is 3.63. The van der Waals surface area contributed by atoms with Crippen LogP contribution in [-0.2, 0) is 29.3 Å². The molecule has 3 aromatic rings. The Balaban J connectivity index is 1.68. The van der Waals surface area contributed by atoms with Gasteiger partial charge in [-0.3, -0.25) is 4.68 Å². The maximum absolute atomic E-state index is 13.2. The molecule has 2 aromatic heterocycles. The molecule has 0 fully saturated rings. The lowest BCUT2D eigenvalue weighted by Gasteiger charge is -2.19. The molecule has 0 bridgehead atoms. The number of hydrogen-bond acceptors (Lipinski definition) is 5. The van der Waals surface area contributed by atoms with Crippen LogP contribution in [0.5, 0.6) is 0 Å². The molecule has 0 aliphatic carbocycles. The summed E-state index contributed by atoms with van der Waals surface area (Å²) in [5.41, 5.74) is 0.828. The molecule has 0 saturated heterocycles. The smallest absolute Gasteiger partial charge is 0.360 e. The molecule has 7 nitrogen and oxygen atoms in total. The van der Waals surface area contributed by atoms with E-state index in [9.17, 15) is 21.6 Å². The lowest BCUT2D eigenvalue weighted by atomic mass is 10.1. The van der Waals surface area contributed by atoms with Gasteiger partial charge in [0.25, 0.3) is 0 Å². The van der Waals surface area contributed by atoms with Crippen LogP contribution in [0, 0.1) is 13.8 Å². The normalized spacial score (nSPS) is 15.8. The molecule has 4 rings (SSSR count). The van der Waals surface area contributed by atoms with Crippen LogP contribution in [0.4, 0.5) is 13.2 Å². The first-order chi connectivity index (χ1) is 14.1. The summed E-state index contributed by atoms with van der Waals surface area (Å²) in [6.45, 7) is 3.91. The van der Waals surface area contributed by atoms with Gasteiger partial charge in [-0.15, -0.1) is 0 Å². The highest BCUT2D eigenvalue weighted by atomic mass is 32.2. The molecule has 0 N–H and O–H groups in total. The molecular formula is C19H19F3N4O3S. The monoisotopic (exact) mass is 440 g/mol. The minimum atomic E-state index is -4.45. The summed E-state index contributed by atoms with van der Waals surface area (Å²) in [7, 11) is -3.84. The highest BCUT2D eigenvalue weighted by Gasteiger charge is 2.33. The first-order valence-corrected chi connectivity index (χ1v) is 10.7. The Kier molecular flexibility index (Phi) is 4.97. The fourth-order valence-corrected chi connectivity index (χ4v) is 5.35. The van der Waals surface area contributed by atoms with Crippen LogP contribution in [0.15, 0.2) is 39.8 Å². The van der Waals surface area contributed by atoms with Crippen molar-refractivity contribution in [2.75, 3.05) is 6.54 Å². The van der Waals surface area contributed by atoms with Gasteiger partial charge in [-0.05, 0) is 38.5 Å². The highest BCUT2D eigenvalue weighted by Crippen LogP contribution is 2.33. The number of hydrogen-bond donors (Lipinski definition) is 0. The molecule has 0 unspecified atom stereocenters. The Morgan fingerprint density at radius 2 is 1.90 bits per heavy atom. The molecule has 1 aliphatic rings. The quantitative estimate of drug-likeness (QED) is 0.619. The molecule has 30 heavy (non-hydrogen) atoms. The number of aryl methyl sites for hydroxylation is 3. The van der Waals surface area contributed by atoms with Gasteiger partial charge in [-0.2, -0.15) is 22.6 Å². The van der Waals surface area contributed by atoms with Crippen molar-refractivity contribution in [3.8, 4) is 11.3 Å². The number of sulfonamides is 1. The van der Waals surface area contributed by atoms with Crippen LogP contribution in [0.1, 0.15) is 29.1 Å². The molecule has 0 spiro atoms. The van der Waals surface area contributed by atoms with Gasteiger partial charge in [-0.25, -0.2) is 8.42 Å². The third-order valence-electron chi connectivity index (χ3n) is 5.03. The number of halogens is 3. The maximum atomic E-state index is 13.2. The second kappa shape index (κ2) is 7.24. The Labute approximate surface area is 171 Å². The van der Waals surface area contributed by atoms with Crippen molar-refractivity contribution < 1.29 is 26.1 Å². The summed E-state index contributed by atoms with van der Waals surface area (Å²) < 4.78 is 73.4. The van der Waals surface area contributed by atoms with E-state index >= 15 is 0 Å². The maximum Gasteiger partial charge on any atom is 0.416 e. The zero-order valence-corrected chi connectivity index (χ0v) is 17.1. The van der Waals surface area contributed by atoms with E-state index in [0.717, 1.165) is 12.1 Å².